The molecule has 6 nitrogen and oxygen atoms in total. The monoisotopic (exact) mass is 513 g/mol. The summed E-state index contributed by atoms with van der Waals surface area (Å²) in [7, 11) is 0. The van der Waals surface area contributed by atoms with Crippen molar-refractivity contribution in [1.82, 2.24) is 10.2 Å². The fourth-order valence-electron chi connectivity index (χ4n) is 5.33. The Kier molecular flexibility index (Phi) is 9.14. The summed E-state index contributed by atoms with van der Waals surface area (Å²) in [5, 5.41) is 5.96. The van der Waals surface area contributed by atoms with E-state index in [0.717, 1.165) is 50.1 Å². The number of ketones is 1. The lowest BCUT2D eigenvalue weighted by molar-refractivity contribution is 0.0404. The number of Topliss-reactive ketones (excluding diaryl/α,β-unsaturated/α-hetero) is 1. The number of anilines is 1. The van der Waals surface area contributed by atoms with Gasteiger partial charge in [-0.25, -0.2) is 13.6 Å². The molecule has 0 unspecified atom stereocenters. The Morgan fingerprint density at radius 2 is 1.65 bits per heavy atom. The average Bonchev–Trinajstić information content (AvgIpc) is 2.90. The highest BCUT2D eigenvalue weighted by Crippen LogP contribution is 2.32. The van der Waals surface area contributed by atoms with Crippen molar-refractivity contribution in [1.29, 1.82) is 0 Å². The van der Waals surface area contributed by atoms with Crippen molar-refractivity contribution in [3.63, 3.8) is 0 Å². The van der Waals surface area contributed by atoms with Gasteiger partial charge in [0.05, 0.1) is 6.61 Å². The van der Waals surface area contributed by atoms with Crippen LogP contribution < -0.4 is 15.4 Å². The third kappa shape index (κ3) is 7.51. The highest BCUT2D eigenvalue weighted by atomic mass is 19.1. The van der Waals surface area contributed by atoms with Gasteiger partial charge in [0.15, 0.2) is 11.5 Å². The third-order valence-electron chi connectivity index (χ3n) is 7.62. The Hall–Kier alpha value is -3.00. The number of piperidine rings is 1. The Bertz CT molecular complexity index is 1030. The minimum atomic E-state index is -1.87. The molecular weight excluding hydrogens is 476 g/mol. The molecule has 2 aromatic carbocycles. The van der Waals surface area contributed by atoms with Crippen LogP contribution in [-0.4, -0.2) is 54.7 Å². The SMILES string of the molecule is CCOc1ccc(NC(=O)NC2CCC(CCN3CCC(F)(C(=O)c4ccc(F)cc4)CC3)CC2)cc1. The molecule has 0 atom stereocenters. The van der Waals surface area contributed by atoms with E-state index in [0.29, 0.717) is 25.6 Å². The zero-order valence-corrected chi connectivity index (χ0v) is 21.5. The molecule has 200 valence electrons. The maximum absolute atomic E-state index is 15.3. The van der Waals surface area contributed by atoms with E-state index in [1.165, 1.54) is 24.3 Å². The summed E-state index contributed by atoms with van der Waals surface area (Å²) in [5.41, 5.74) is -0.909. The maximum Gasteiger partial charge on any atom is 0.319 e. The van der Waals surface area contributed by atoms with Crippen LogP contribution in [-0.2, 0) is 0 Å². The average molecular weight is 514 g/mol. The number of likely N-dealkylation sites (tertiary alicyclic amines) is 1. The summed E-state index contributed by atoms with van der Waals surface area (Å²) in [6, 6.07) is 12.4. The van der Waals surface area contributed by atoms with Crippen LogP contribution in [0.4, 0.5) is 19.3 Å². The molecule has 8 heteroatoms. The second-order valence-corrected chi connectivity index (χ2v) is 10.2. The van der Waals surface area contributed by atoms with Crippen LogP contribution in [0.3, 0.4) is 0 Å². The number of nitrogens with one attached hydrogen (secondary N) is 2. The molecule has 1 saturated heterocycles. The molecule has 37 heavy (non-hydrogen) atoms. The minimum absolute atomic E-state index is 0.165. The first kappa shape index (κ1) is 27.0. The van der Waals surface area contributed by atoms with Gasteiger partial charge in [-0.1, -0.05) is 0 Å². The van der Waals surface area contributed by atoms with E-state index in [4.69, 9.17) is 4.74 Å². The van der Waals surface area contributed by atoms with Gasteiger partial charge in [-0.05, 0) is 100 Å². The predicted molar refractivity (Wildman–Crippen MR) is 140 cm³/mol. The standard InChI is InChI=1S/C29H37F2N3O3/c1-2-37-26-13-11-25(12-14-26)33-28(36)32-24-9-3-21(4-10-24)15-18-34-19-16-29(31,17-20-34)27(35)22-5-7-23(30)8-6-22/h5-8,11-14,21,24H,2-4,9-10,15-20H2,1H3,(H2,32,33,36). The number of carbonyl (C=O) groups excluding carboxylic acids is 2. The van der Waals surface area contributed by atoms with E-state index in [1.54, 1.807) is 0 Å². The summed E-state index contributed by atoms with van der Waals surface area (Å²) in [6.45, 7) is 4.52. The molecule has 0 radical (unpaired) electrons. The summed E-state index contributed by atoms with van der Waals surface area (Å²) < 4.78 is 33.9. The van der Waals surface area contributed by atoms with Crippen LogP contribution in [0.15, 0.2) is 48.5 Å². The van der Waals surface area contributed by atoms with Crippen molar-refractivity contribution in [2.75, 3.05) is 31.6 Å². The number of hydrogen-bond donors (Lipinski definition) is 2. The fraction of sp³-hybridized carbons (Fsp3) is 0.517. The molecule has 2 aliphatic rings. The third-order valence-corrected chi connectivity index (χ3v) is 7.62. The van der Waals surface area contributed by atoms with Crippen molar-refractivity contribution in [3.8, 4) is 5.75 Å². The quantitative estimate of drug-likeness (QED) is 0.405. The lowest BCUT2D eigenvalue weighted by atomic mass is 9.83. The summed E-state index contributed by atoms with van der Waals surface area (Å²) >= 11 is 0. The molecule has 2 amide bonds. The first-order valence-electron chi connectivity index (χ1n) is 13.4. The number of carbonyl (C=O) groups is 2. The minimum Gasteiger partial charge on any atom is -0.494 e. The summed E-state index contributed by atoms with van der Waals surface area (Å²) in [4.78, 5) is 27.3. The van der Waals surface area contributed by atoms with Gasteiger partial charge >= 0.3 is 6.03 Å². The number of halogens is 2. The molecule has 2 N–H and O–H groups in total. The number of urea groups is 1. The number of benzene rings is 2. The summed E-state index contributed by atoms with van der Waals surface area (Å²) in [6.07, 6.45) is 5.38. The van der Waals surface area contributed by atoms with E-state index < -0.39 is 17.3 Å². The fourth-order valence-corrected chi connectivity index (χ4v) is 5.33. The number of rotatable bonds is 9. The van der Waals surface area contributed by atoms with Crippen LogP contribution in [0.25, 0.3) is 0 Å². The first-order valence-corrected chi connectivity index (χ1v) is 13.4. The smallest absolute Gasteiger partial charge is 0.319 e. The van der Waals surface area contributed by atoms with E-state index >= 15 is 4.39 Å². The van der Waals surface area contributed by atoms with Gasteiger partial charge in [0, 0.05) is 43.2 Å². The topological polar surface area (TPSA) is 70.7 Å². The van der Waals surface area contributed by atoms with E-state index in [-0.39, 0.29) is 30.5 Å². The van der Waals surface area contributed by atoms with Crippen LogP contribution in [0.1, 0.15) is 62.2 Å². The Morgan fingerprint density at radius 1 is 1.00 bits per heavy atom. The zero-order valence-electron chi connectivity index (χ0n) is 21.5. The van der Waals surface area contributed by atoms with Crippen LogP contribution in [0.2, 0.25) is 0 Å². The molecule has 4 rings (SSSR count). The molecule has 1 saturated carbocycles. The number of hydrogen-bond acceptors (Lipinski definition) is 4. The van der Waals surface area contributed by atoms with Crippen LogP contribution in [0.5, 0.6) is 5.75 Å². The van der Waals surface area contributed by atoms with Gasteiger partial charge < -0.3 is 20.3 Å². The molecule has 2 aromatic rings. The Labute approximate surface area is 217 Å². The van der Waals surface area contributed by atoms with Gasteiger partial charge in [-0.2, -0.15) is 0 Å². The lowest BCUT2D eigenvalue weighted by Gasteiger charge is -2.36. The molecule has 2 fully saturated rings. The zero-order chi connectivity index (χ0) is 26.3. The molecule has 0 spiro atoms. The van der Waals surface area contributed by atoms with Gasteiger partial charge in [0.2, 0.25) is 0 Å². The predicted octanol–water partition coefficient (Wildman–Crippen LogP) is 5.98. The van der Waals surface area contributed by atoms with Crippen LogP contribution in [0, 0.1) is 11.7 Å². The molecule has 1 aliphatic heterocycles. The van der Waals surface area contributed by atoms with E-state index in [9.17, 15) is 14.0 Å². The van der Waals surface area contributed by atoms with Crippen molar-refractivity contribution in [3.05, 3.63) is 59.9 Å². The van der Waals surface area contributed by atoms with Gasteiger partial charge in [-0.3, -0.25) is 4.79 Å². The molecule has 0 bridgehead atoms. The highest BCUT2D eigenvalue weighted by Gasteiger charge is 2.42. The maximum atomic E-state index is 15.3. The summed E-state index contributed by atoms with van der Waals surface area (Å²) in [5.74, 6) is 0.393. The molecular formula is C29H37F2N3O3. The van der Waals surface area contributed by atoms with Crippen LogP contribution >= 0.6 is 0 Å². The Morgan fingerprint density at radius 3 is 2.27 bits per heavy atom. The van der Waals surface area contributed by atoms with Crippen molar-refractivity contribution in [2.45, 2.75) is 63.6 Å². The van der Waals surface area contributed by atoms with Crippen molar-refractivity contribution >= 4 is 17.5 Å². The van der Waals surface area contributed by atoms with Gasteiger partial charge in [0.1, 0.15) is 11.6 Å². The highest BCUT2D eigenvalue weighted by molar-refractivity contribution is 6.02. The number of amides is 2. The van der Waals surface area contributed by atoms with Crippen molar-refractivity contribution in [2.24, 2.45) is 5.92 Å². The largest absolute Gasteiger partial charge is 0.494 e. The molecule has 1 aliphatic carbocycles. The second-order valence-electron chi connectivity index (χ2n) is 10.2. The number of alkyl halides is 1. The first-order chi connectivity index (χ1) is 17.8. The van der Waals surface area contributed by atoms with E-state index in [2.05, 4.69) is 15.5 Å². The van der Waals surface area contributed by atoms with E-state index in [1.807, 2.05) is 31.2 Å². The van der Waals surface area contributed by atoms with Gasteiger partial charge in [0.25, 0.3) is 0 Å². The number of nitrogens with zero attached hydrogens (tertiary/aromatic N) is 1. The van der Waals surface area contributed by atoms with Crippen molar-refractivity contribution < 1.29 is 23.1 Å². The Balaban J connectivity index is 1.13. The molecule has 1 heterocycles. The number of ether oxygens (including phenoxy) is 1. The second kappa shape index (κ2) is 12.5. The lowest BCUT2D eigenvalue weighted by Crippen LogP contribution is -2.47. The normalized spacial score (nSPS) is 21.7. The van der Waals surface area contributed by atoms with Gasteiger partial charge in [-0.15, -0.1) is 0 Å². The molecule has 0 aromatic heterocycles.